The number of benzene rings is 1. The lowest BCUT2D eigenvalue weighted by Gasteiger charge is -2.40. The van der Waals surface area contributed by atoms with Crippen molar-refractivity contribution in [3.63, 3.8) is 0 Å². The maximum atomic E-state index is 12.9. The molecule has 2 saturated heterocycles. The molecule has 8 heteroatoms. The first kappa shape index (κ1) is 22.9. The summed E-state index contributed by atoms with van der Waals surface area (Å²) in [6, 6.07) is 5.73. The summed E-state index contributed by atoms with van der Waals surface area (Å²) in [5.74, 6) is 1.66. The van der Waals surface area contributed by atoms with Crippen LogP contribution in [-0.4, -0.2) is 69.8 Å². The molecule has 0 saturated carbocycles. The van der Waals surface area contributed by atoms with Crippen molar-refractivity contribution < 1.29 is 17.9 Å². The summed E-state index contributed by atoms with van der Waals surface area (Å²) in [5, 5.41) is 3.50. The zero-order valence-corrected chi connectivity index (χ0v) is 18.1. The van der Waals surface area contributed by atoms with Gasteiger partial charge in [0.2, 0.25) is 0 Å². The van der Waals surface area contributed by atoms with Crippen LogP contribution in [0.5, 0.6) is 0 Å². The maximum Gasteiger partial charge on any atom is 0.416 e. The molecule has 0 spiro atoms. The molecular formula is C22H33F3N4O. The van der Waals surface area contributed by atoms with Gasteiger partial charge in [0, 0.05) is 45.8 Å². The number of alkyl halides is 3. The molecule has 0 bridgehead atoms. The molecule has 2 heterocycles. The van der Waals surface area contributed by atoms with E-state index >= 15 is 0 Å². The van der Waals surface area contributed by atoms with Crippen molar-refractivity contribution in [1.82, 2.24) is 15.1 Å². The van der Waals surface area contributed by atoms with Crippen LogP contribution in [0.3, 0.4) is 0 Å². The largest absolute Gasteiger partial charge is 0.416 e. The minimum atomic E-state index is -4.31. The SMILES string of the molecule is CN=C(NCC1CCCN(C)C1c1ccc(C(F)(F)F)cc1)N(C)CC1CCOC1. The van der Waals surface area contributed by atoms with Gasteiger partial charge in [-0.2, -0.15) is 13.2 Å². The first-order valence-electron chi connectivity index (χ1n) is 10.7. The van der Waals surface area contributed by atoms with Crippen molar-refractivity contribution >= 4 is 5.96 Å². The Labute approximate surface area is 177 Å². The number of nitrogens with zero attached hydrogens (tertiary/aromatic N) is 3. The lowest BCUT2D eigenvalue weighted by atomic mass is 9.84. The Kier molecular flexibility index (Phi) is 7.63. The third kappa shape index (κ3) is 5.66. The summed E-state index contributed by atoms with van der Waals surface area (Å²) in [6.07, 6.45) is -1.13. The molecule has 2 fully saturated rings. The van der Waals surface area contributed by atoms with Gasteiger partial charge in [0.05, 0.1) is 12.2 Å². The number of nitrogens with one attached hydrogen (secondary N) is 1. The summed E-state index contributed by atoms with van der Waals surface area (Å²) >= 11 is 0. The van der Waals surface area contributed by atoms with Crippen LogP contribution in [0.15, 0.2) is 29.3 Å². The number of aliphatic imine (C=N–C) groups is 1. The molecule has 0 aliphatic carbocycles. The fraction of sp³-hybridized carbons (Fsp3) is 0.682. The van der Waals surface area contributed by atoms with Gasteiger partial charge >= 0.3 is 6.18 Å². The molecule has 1 aromatic carbocycles. The second kappa shape index (κ2) is 10.0. The van der Waals surface area contributed by atoms with Gasteiger partial charge in [-0.05, 0) is 56.5 Å². The van der Waals surface area contributed by atoms with E-state index in [1.54, 1.807) is 19.2 Å². The van der Waals surface area contributed by atoms with Crippen LogP contribution in [0, 0.1) is 11.8 Å². The van der Waals surface area contributed by atoms with Gasteiger partial charge in [-0.1, -0.05) is 12.1 Å². The van der Waals surface area contributed by atoms with Crippen LogP contribution >= 0.6 is 0 Å². The van der Waals surface area contributed by atoms with Gasteiger partial charge in [0.1, 0.15) is 0 Å². The third-order valence-corrected chi connectivity index (χ3v) is 6.24. The van der Waals surface area contributed by atoms with Crippen LogP contribution in [0.1, 0.15) is 36.4 Å². The van der Waals surface area contributed by atoms with E-state index in [1.165, 1.54) is 12.1 Å². The molecule has 2 aliphatic heterocycles. The zero-order valence-electron chi connectivity index (χ0n) is 18.1. The Balaban J connectivity index is 1.65. The van der Waals surface area contributed by atoms with Gasteiger partial charge in [-0.25, -0.2) is 0 Å². The molecule has 1 aromatic rings. The second-order valence-corrected chi connectivity index (χ2v) is 8.49. The van der Waals surface area contributed by atoms with E-state index < -0.39 is 11.7 Å². The van der Waals surface area contributed by atoms with Crippen molar-refractivity contribution in [2.75, 3.05) is 54.0 Å². The zero-order chi connectivity index (χ0) is 21.7. The molecule has 3 atom stereocenters. The highest BCUT2D eigenvalue weighted by atomic mass is 19.4. The first-order chi connectivity index (χ1) is 14.3. The number of likely N-dealkylation sites (tertiary alicyclic amines) is 1. The maximum absolute atomic E-state index is 12.9. The highest BCUT2D eigenvalue weighted by Crippen LogP contribution is 2.36. The van der Waals surface area contributed by atoms with Crippen LogP contribution < -0.4 is 5.32 Å². The highest BCUT2D eigenvalue weighted by molar-refractivity contribution is 5.79. The molecule has 0 aromatic heterocycles. The number of rotatable bonds is 5. The summed E-state index contributed by atoms with van der Waals surface area (Å²) in [4.78, 5) is 8.81. The number of hydrogen-bond donors (Lipinski definition) is 1. The Morgan fingerprint density at radius 2 is 2.00 bits per heavy atom. The quantitative estimate of drug-likeness (QED) is 0.577. The second-order valence-electron chi connectivity index (χ2n) is 8.49. The molecule has 2 aliphatic rings. The monoisotopic (exact) mass is 426 g/mol. The van der Waals surface area contributed by atoms with Crippen molar-refractivity contribution in [2.24, 2.45) is 16.8 Å². The number of hydrogen-bond acceptors (Lipinski definition) is 3. The van der Waals surface area contributed by atoms with Crippen molar-refractivity contribution in [2.45, 2.75) is 31.5 Å². The average Bonchev–Trinajstić information content (AvgIpc) is 3.21. The van der Waals surface area contributed by atoms with E-state index in [0.717, 1.165) is 63.6 Å². The van der Waals surface area contributed by atoms with Gasteiger partial charge in [-0.15, -0.1) is 0 Å². The Morgan fingerprint density at radius 1 is 1.27 bits per heavy atom. The predicted octanol–water partition coefficient (Wildman–Crippen LogP) is 3.63. The van der Waals surface area contributed by atoms with E-state index in [4.69, 9.17) is 4.74 Å². The van der Waals surface area contributed by atoms with Gasteiger partial charge in [0.15, 0.2) is 5.96 Å². The molecule has 3 rings (SSSR count). The van der Waals surface area contributed by atoms with Crippen molar-refractivity contribution in [3.05, 3.63) is 35.4 Å². The van der Waals surface area contributed by atoms with E-state index in [9.17, 15) is 13.2 Å². The van der Waals surface area contributed by atoms with Crippen LogP contribution in [-0.2, 0) is 10.9 Å². The number of ether oxygens (including phenoxy) is 1. The molecule has 5 nitrogen and oxygen atoms in total. The molecule has 30 heavy (non-hydrogen) atoms. The molecule has 168 valence electrons. The minimum Gasteiger partial charge on any atom is -0.381 e. The molecule has 3 unspecified atom stereocenters. The van der Waals surface area contributed by atoms with Gasteiger partial charge in [-0.3, -0.25) is 9.89 Å². The number of halogens is 3. The molecular weight excluding hydrogens is 393 g/mol. The summed E-state index contributed by atoms with van der Waals surface area (Å²) in [5.41, 5.74) is 0.334. The topological polar surface area (TPSA) is 40.1 Å². The summed E-state index contributed by atoms with van der Waals surface area (Å²) in [6.45, 7) is 4.19. The Hall–Kier alpha value is -1.80. The lowest BCUT2D eigenvalue weighted by Crippen LogP contribution is -2.46. The average molecular weight is 427 g/mol. The molecule has 0 radical (unpaired) electrons. The van der Waals surface area contributed by atoms with Crippen molar-refractivity contribution in [1.29, 1.82) is 0 Å². The normalized spacial score (nSPS) is 26.1. The predicted molar refractivity (Wildman–Crippen MR) is 112 cm³/mol. The van der Waals surface area contributed by atoms with E-state index in [0.29, 0.717) is 11.8 Å². The first-order valence-corrected chi connectivity index (χ1v) is 10.7. The lowest BCUT2D eigenvalue weighted by molar-refractivity contribution is -0.137. The standard InChI is InChI=1S/C22H33F3N4O/c1-26-21(29(3)14-16-10-12-30-15-16)27-13-18-5-4-11-28(2)20(18)17-6-8-19(9-7-17)22(23,24)25/h6-9,16,18,20H,4-5,10-15H2,1-3H3,(H,26,27). The number of guanidine groups is 1. The number of piperidine rings is 1. The Bertz CT molecular complexity index is 701. The summed E-state index contributed by atoms with van der Waals surface area (Å²) < 4.78 is 44.3. The minimum absolute atomic E-state index is 0.0835. The molecule has 1 N–H and O–H groups in total. The smallest absolute Gasteiger partial charge is 0.381 e. The van der Waals surface area contributed by atoms with Crippen molar-refractivity contribution in [3.8, 4) is 0 Å². The van der Waals surface area contributed by atoms with Gasteiger partial charge < -0.3 is 15.0 Å². The van der Waals surface area contributed by atoms with E-state index in [2.05, 4.69) is 27.2 Å². The van der Waals surface area contributed by atoms with E-state index in [-0.39, 0.29) is 6.04 Å². The Morgan fingerprint density at radius 3 is 2.60 bits per heavy atom. The molecule has 0 amide bonds. The van der Waals surface area contributed by atoms with Crippen LogP contribution in [0.4, 0.5) is 13.2 Å². The van der Waals surface area contributed by atoms with Gasteiger partial charge in [0.25, 0.3) is 0 Å². The van der Waals surface area contributed by atoms with Crippen LogP contribution in [0.25, 0.3) is 0 Å². The third-order valence-electron chi connectivity index (χ3n) is 6.24. The highest BCUT2D eigenvalue weighted by Gasteiger charge is 2.33. The fourth-order valence-corrected chi connectivity index (χ4v) is 4.68. The fourth-order valence-electron chi connectivity index (χ4n) is 4.68. The van der Waals surface area contributed by atoms with Crippen LogP contribution in [0.2, 0.25) is 0 Å². The summed E-state index contributed by atoms with van der Waals surface area (Å²) in [7, 11) is 5.87. The van der Waals surface area contributed by atoms with E-state index in [1.807, 2.05) is 7.05 Å².